The third-order valence-electron chi connectivity index (χ3n) is 3.02. The van der Waals surface area contributed by atoms with Crippen LogP contribution >= 0.6 is 0 Å². The van der Waals surface area contributed by atoms with Gasteiger partial charge in [-0.3, -0.25) is 9.88 Å². The monoisotopic (exact) mass is 266 g/mol. The maximum Gasteiger partial charge on any atom is 0.0900 e. The second kappa shape index (κ2) is 9.89. The molecule has 1 atom stereocenters. The van der Waals surface area contributed by atoms with E-state index in [9.17, 15) is 5.11 Å². The second-order valence-corrected chi connectivity index (χ2v) is 4.77. The molecule has 1 rings (SSSR count). The van der Waals surface area contributed by atoms with Crippen molar-refractivity contribution in [3.63, 3.8) is 0 Å². The number of likely N-dealkylation sites (N-methyl/N-ethyl adjacent to an activating group) is 1. The Balaban J connectivity index is 2.27. The summed E-state index contributed by atoms with van der Waals surface area (Å²) in [6.45, 7) is 7.79. The van der Waals surface area contributed by atoms with Crippen molar-refractivity contribution in [2.75, 3.05) is 26.3 Å². The molecule has 0 aliphatic rings. The molecule has 1 unspecified atom stereocenters. The van der Waals surface area contributed by atoms with Crippen molar-refractivity contribution >= 4 is 0 Å². The first-order valence-electron chi connectivity index (χ1n) is 7.13. The van der Waals surface area contributed by atoms with Gasteiger partial charge in [0.05, 0.1) is 12.7 Å². The van der Waals surface area contributed by atoms with Crippen LogP contribution in [0.1, 0.15) is 32.3 Å². The molecule has 4 heteroatoms. The molecule has 0 spiro atoms. The fourth-order valence-electron chi connectivity index (χ4n) is 1.87. The highest BCUT2D eigenvalue weighted by molar-refractivity contribution is 5.09. The normalized spacial score (nSPS) is 12.8. The van der Waals surface area contributed by atoms with Crippen molar-refractivity contribution in [2.45, 2.75) is 39.3 Å². The molecule has 1 aromatic rings. The quantitative estimate of drug-likeness (QED) is 0.659. The van der Waals surface area contributed by atoms with E-state index in [2.05, 4.69) is 23.7 Å². The summed E-state index contributed by atoms with van der Waals surface area (Å²) in [4.78, 5) is 6.22. The summed E-state index contributed by atoms with van der Waals surface area (Å²) >= 11 is 0. The highest BCUT2D eigenvalue weighted by Crippen LogP contribution is 2.04. The van der Waals surface area contributed by atoms with Crippen LogP contribution in [0.5, 0.6) is 0 Å². The molecule has 0 amide bonds. The van der Waals surface area contributed by atoms with Crippen LogP contribution in [0, 0.1) is 0 Å². The van der Waals surface area contributed by atoms with Crippen molar-refractivity contribution in [3.8, 4) is 0 Å². The van der Waals surface area contributed by atoms with Crippen LogP contribution in [0.3, 0.4) is 0 Å². The summed E-state index contributed by atoms with van der Waals surface area (Å²) in [6, 6.07) is 4.01. The van der Waals surface area contributed by atoms with E-state index >= 15 is 0 Å². The summed E-state index contributed by atoms with van der Waals surface area (Å²) in [7, 11) is 0. The summed E-state index contributed by atoms with van der Waals surface area (Å²) in [5.74, 6) is 0. The van der Waals surface area contributed by atoms with E-state index in [4.69, 9.17) is 4.74 Å². The van der Waals surface area contributed by atoms with Crippen molar-refractivity contribution < 1.29 is 9.84 Å². The molecule has 0 bridgehead atoms. The zero-order valence-corrected chi connectivity index (χ0v) is 12.1. The highest BCUT2D eigenvalue weighted by atomic mass is 16.5. The predicted octanol–water partition coefficient (Wildman–Crippen LogP) is 2.08. The van der Waals surface area contributed by atoms with Gasteiger partial charge in [-0.1, -0.05) is 20.3 Å². The summed E-state index contributed by atoms with van der Waals surface area (Å²) in [5.41, 5.74) is 1.22. The van der Waals surface area contributed by atoms with Crippen molar-refractivity contribution in [3.05, 3.63) is 30.1 Å². The third-order valence-corrected chi connectivity index (χ3v) is 3.02. The van der Waals surface area contributed by atoms with E-state index in [1.807, 2.05) is 12.1 Å². The minimum atomic E-state index is -0.418. The molecule has 108 valence electrons. The fraction of sp³-hybridized carbons (Fsp3) is 0.667. The summed E-state index contributed by atoms with van der Waals surface area (Å²) in [6.07, 6.45) is 5.36. The zero-order chi connectivity index (χ0) is 13.9. The van der Waals surface area contributed by atoms with E-state index in [1.54, 1.807) is 12.4 Å². The van der Waals surface area contributed by atoms with Gasteiger partial charge in [0, 0.05) is 32.1 Å². The van der Waals surface area contributed by atoms with Crippen LogP contribution in [0.2, 0.25) is 0 Å². The predicted molar refractivity (Wildman–Crippen MR) is 76.9 cm³/mol. The molecule has 4 nitrogen and oxygen atoms in total. The molecule has 19 heavy (non-hydrogen) atoms. The van der Waals surface area contributed by atoms with Gasteiger partial charge >= 0.3 is 0 Å². The third kappa shape index (κ3) is 7.25. The van der Waals surface area contributed by atoms with Crippen LogP contribution < -0.4 is 0 Å². The number of pyridine rings is 1. The Labute approximate surface area is 116 Å². The zero-order valence-electron chi connectivity index (χ0n) is 12.1. The maximum absolute atomic E-state index is 9.95. The van der Waals surface area contributed by atoms with Gasteiger partial charge in [-0.2, -0.15) is 0 Å². The van der Waals surface area contributed by atoms with Crippen LogP contribution in [-0.4, -0.2) is 47.4 Å². The largest absolute Gasteiger partial charge is 0.389 e. The van der Waals surface area contributed by atoms with E-state index in [0.29, 0.717) is 13.2 Å². The molecule has 1 N–H and O–H groups in total. The molecule has 0 aromatic carbocycles. The van der Waals surface area contributed by atoms with Crippen LogP contribution in [0.25, 0.3) is 0 Å². The highest BCUT2D eigenvalue weighted by Gasteiger charge is 2.10. The number of aliphatic hydroxyl groups excluding tert-OH is 1. The van der Waals surface area contributed by atoms with Gasteiger partial charge < -0.3 is 9.84 Å². The van der Waals surface area contributed by atoms with Gasteiger partial charge in [-0.25, -0.2) is 0 Å². The molecule has 0 fully saturated rings. The maximum atomic E-state index is 9.95. The Morgan fingerprint density at radius 3 is 2.68 bits per heavy atom. The molecule has 1 heterocycles. The summed E-state index contributed by atoms with van der Waals surface area (Å²) in [5, 5.41) is 9.95. The Bertz CT molecular complexity index is 319. The van der Waals surface area contributed by atoms with Gasteiger partial charge in [0.1, 0.15) is 0 Å². The number of rotatable bonds is 10. The Morgan fingerprint density at radius 1 is 1.32 bits per heavy atom. The molecule has 0 aliphatic carbocycles. The van der Waals surface area contributed by atoms with Crippen molar-refractivity contribution in [1.29, 1.82) is 0 Å². The summed E-state index contributed by atoms with van der Waals surface area (Å²) < 4.78 is 5.44. The fourth-order valence-corrected chi connectivity index (χ4v) is 1.87. The molecular weight excluding hydrogens is 240 g/mol. The number of ether oxygens (including phenoxy) is 1. The van der Waals surface area contributed by atoms with E-state index in [0.717, 1.165) is 32.5 Å². The molecule has 0 saturated carbocycles. The topological polar surface area (TPSA) is 45.6 Å². The number of aliphatic hydroxyl groups is 1. The van der Waals surface area contributed by atoms with Crippen LogP contribution in [0.4, 0.5) is 0 Å². The van der Waals surface area contributed by atoms with Crippen molar-refractivity contribution in [2.24, 2.45) is 0 Å². The number of aromatic nitrogens is 1. The number of nitrogens with zero attached hydrogens (tertiary/aromatic N) is 2. The standard InChI is InChI=1S/C15H26N2O2/c1-3-5-10-19-13-15(18)12-17(4-2)11-14-6-8-16-9-7-14/h6-9,15,18H,3-5,10-13H2,1-2H3. The Hall–Kier alpha value is -0.970. The molecule has 0 saturated heterocycles. The average molecular weight is 266 g/mol. The van der Waals surface area contributed by atoms with E-state index in [-0.39, 0.29) is 0 Å². The van der Waals surface area contributed by atoms with Crippen molar-refractivity contribution in [1.82, 2.24) is 9.88 Å². The number of unbranched alkanes of at least 4 members (excludes halogenated alkanes) is 1. The SMILES string of the molecule is CCCCOCC(O)CN(CC)Cc1ccncc1. The minimum absolute atomic E-state index is 0.418. The Kier molecular flexibility index (Phi) is 8.38. The molecule has 0 aliphatic heterocycles. The lowest BCUT2D eigenvalue weighted by molar-refractivity contribution is 0.0153. The van der Waals surface area contributed by atoms with Gasteiger partial charge in [0.15, 0.2) is 0 Å². The first-order valence-corrected chi connectivity index (χ1v) is 7.13. The first-order chi connectivity index (χ1) is 9.26. The second-order valence-electron chi connectivity index (χ2n) is 4.77. The van der Waals surface area contributed by atoms with Gasteiger partial charge in [0.2, 0.25) is 0 Å². The number of hydrogen-bond donors (Lipinski definition) is 1. The molecular formula is C15H26N2O2. The van der Waals surface area contributed by atoms with E-state index in [1.165, 1.54) is 5.56 Å². The van der Waals surface area contributed by atoms with Crippen LogP contribution in [-0.2, 0) is 11.3 Å². The smallest absolute Gasteiger partial charge is 0.0900 e. The van der Waals surface area contributed by atoms with Gasteiger partial charge in [-0.05, 0) is 30.7 Å². The van der Waals surface area contributed by atoms with Gasteiger partial charge in [0.25, 0.3) is 0 Å². The first kappa shape index (κ1) is 16.1. The Morgan fingerprint density at radius 2 is 2.05 bits per heavy atom. The lowest BCUT2D eigenvalue weighted by Gasteiger charge is -2.23. The number of hydrogen-bond acceptors (Lipinski definition) is 4. The van der Waals surface area contributed by atoms with Gasteiger partial charge in [-0.15, -0.1) is 0 Å². The van der Waals surface area contributed by atoms with E-state index < -0.39 is 6.10 Å². The minimum Gasteiger partial charge on any atom is -0.389 e. The lowest BCUT2D eigenvalue weighted by atomic mass is 10.2. The molecule has 1 aromatic heterocycles. The average Bonchev–Trinajstić information content (AvgIpc) is 2.44. The molecule has 0 radical (unpaired) electrons. The lowest BCUT2D eigenvalue weighted by Crippen LogP contribution is -2.34. The van der Waals surface area contributed by atoms with Crippen LogP contribution in [0.15, 0.2) is 24.5 Å².